The summed E-state index contributed by atoms with van der Waals surface area (Å²) in [6.45, 7) is 0. The van der Waals surface area contributed by atoms with E-state index in [0.29, 0.717) is 21.6 Å². The smallest absolute Gasteiger partial charge is 0.255 e. The molecule has 0 bridgehead atoms. The molecular formula is C14H12BrFN2O2. The molecule has 20 heavy (non-hydrogen) atoms. The van der Waals surface area contributed by atoms with Gasteiger partial charge in [-0.15, -0.1) is 0 Å². The first kappa shape index (κ1) is 14.3. The molecule has 0 atom stereocenters. The predicted octanol–water partition coefficient (Wildman–Crippen LogP) is 3.43. The van der Waals surface area contributed by atoms with Gasteiger partial charge < -0.3 is 15.8 Å². The Balaban J connectivity index is 2.21. The van der Waals surface area contributed by atoms with Crippen LogP contribution in [0.2, 0.25) is 0 Å². The molecular weight excluding hydrogens is 327 g/mol. The minimum absolute atomic E-state index is 0.209. The third-order valence-corrected chi connectivity index (χ3v) is 3.33. The number of carbonyl (C=O) groups excluding carboxylic acids is 1. The third kappa shape index (κ3) is 3.08. The number of hydrogen-bond donors (Lipinski definition) is 2. The van der Waals surface area contributed by atoms with Crippen LogP contribution in [0.4, 0.5) is 15.8 Å². The Kier molecular flexibility index (Phi) is 4.24. The molecule has 0 aliphatic carbocycles. The van der Waals surface area contributed by atoms with E-state index >= 15 is 0 Å². The van der Waals surface area contributed by atoms with Crippen LogP contribution >= 0.6 is 15.9 Å². The van der Waals surface area contributed by atoms with Crippen molar-refractivity contribution in [3.8, 4) is 5.75 Å². The number of nitrogen functional groups attached to an aromatic ring is 1. The van der Waals surface area contributed by atoms with Crippen molar-refractivity contribution in [1.29, 1.82) is 0 Å². The lowest BCUT2D eigenvalue weighted by Gasteiger charge is -2.10. The van der Waals surface area contributed by atoms with Crippen LogP contribution in [0.1, 0.15) is 10.4 Å². The van der Waals surface area contributed by atoms with Crippen LogP contribution in [0.5, 0.6) is 5.75 Å². The Morgan fingerprint density at radius 2 is 2.05 bits per heavy atom. The molecule has 6 heteroatoms. The standard InChI is InChI=1S/C14H12BrFN2O2/c1-20-9-3-5-13(12(17)7-9)18-14(19)8-2-4-10(15)11(16)6-8/h2-7H,17H2,1H3,(H,18,19). The van der Waals surface area contributed by atoms with Crippen LogP contribution < -0.4 is 15.8 Å². The largest absolute Gasteiger partial charge is 0.497 e. The fourth-order valence-corrected chi connectivity index (χ4v) is 1.86. The molecule has 1 amide bonds. The van der Waals surface area contributed by atoms with Gasteiger partial charge in [-0.2, -0.15) is 0 Å². The molecule has 2 rings (SSSR count). The molecule has 0 heterocycles. The normalized spacial score (nSPS) is 10.2. The minimum Gasteiger partial charge on any atom is -0.497 e. The van der Waals surface area contributed by atoms with E-state index in [1.54, 1.807) is 18.2 Å². The van der Waals surface area contributed by atoms with E-state index in [9.17, 15) is 9.18 Å². The lowest BCUT2D eigenvalue weighted by Crippen LogP contribution is -2.13. The van der Waals surface area contributed by atoms with Gasteiger partial charge in [-0.3, -0.25) is 4.79 Å². The van der Waals surface area contributed by atoms with E-state index < -0.39 is 11.7 Å². The van der Waals surface area contributed by atoms with Crippen molar-refractivity contribution in [3.63, 3.8) is 0 Å². The summed E-state index contributed by atoms with van der Waals surface area (Å²) in [4.78, 5) is 12.0. The molecule has 104 valence electrons. The van der Waals surface area contributed by atoms with Crippen molar-refractivity contribution in [2.45, 2.75) is 0 Å². The van der Waals surface area contributed by atoms with Crippen molar-refractivity contribution in [2.24, 2.45) is 0 Å². The molecule has 0 spiro atoms. The summed E-state index contributed by atoms with van der Waals surface area (Å²) in [5.74, 6) is -0.344. The average molecular weight is 339 g/mol. The van der Waals surface area contributed by atoms with E-state index in [1.807, 2.05) is 0 Å². The Bertz CT molecular complexity index is 662. The van der Waals surface area contributed by atoms with Crippen molar-refractivity contribution in [2.75, 3.05) is 18.2 Å². The first-order valence-corrected chi connectivity index (χ1v) is 6.50. The van der Waals surface area contributed by atoms with Crippen LogP contribution in [0.15, 0.2) is 40.9 Å². The molecule has 0 radical (unpaired) electrons. The second-order valence-electron chi connectivity index (χ2n) is 4.04. The summed E-state index contributed by atoms with van der Waals surface area (Å²) in [6.07, 6.45) is 0. The van der Waals surface area contributed by atoms with Gasteiger partial charge in [0.05, 0.1) is 23.0 Å². The van der Waals surface area contributed by atoms with E-state index in [1.165, 1.54) is 19.2 Å². The molecule has 2 aromatic rings. The lowest BCUT2D eigenvalue weighted by molar-refractivity contribution is 0.102. The van der Waals surface area contributed by atoms with Crippen molar-refractivity contribution in [3.05, 3.63) is 52.3 Å². The quantitative estimate of drug-likeness (QED) is 0.842. The fourth-order valence-electron chi connectivity index (χ4n) is 1.61. The van der Waals surface area contributed by atoms with Gasteiger partial charge in [0, 0.05) is 11.6 Å². The number of ether oxygens (including phenoxy) is 1. The zero-order chi connectivity index (χ0) is 14.7. The van der Waals surface area contributed by atoms with Crippen molar-refractivity contribution in [1.82, 2.24) is 0 Å². The van der Waals surface area contributed by atoms with Crippen LogP contribution in [0.25, 0.3) is 0 Å². The molecule has 3 N–H and O–H groups in total. The van der Waals surface area contributed by atoms with Gasteiger partial charge in [0.15, 0.2) is 0 Å². The molecule has 0 aliphatic heterocycles. The van der Waals surface area contributed by atoms with Gasteiger partial charge in [-0.25, -0.2) is 4.39 Å². The van der Waals surface area contributed by atoms with Crippen LogP contribution in [-0.2, 0) is 0 Å². The first-order valence-electron chi connectivity index (χ1n) is 5.71. The van der Waals surface area contributed by atoms with E-state index in [4.69, 9.17) is 10.5 Å². The fraction of sp³-hybridized carbons (Fsp3) is 0.0714. The van der Waals surface area contributed by atoms with Gasteiger partial charge in [0.1, 0.15) is 11.6 Å². The SMILES string of the molecule is COc1ccc(NC(=O)c2ccc(Br)c(F)c2)c(N)c1. The monoisotopic (exact) mass is 338 g/mol. The number of amides is 1. The Labute approximate surface area is 123 Å². The second-order valence-corrected chi connectivity index (χ2v) is 4.89. The highest BCUT2D eigenvalue weighted by Gasteiger charge is 2.11. The number of benzene rings is 2. The van der Waals surface area contributed by atoms with Gasteiger partial charge in [0.2, 0.25) is 0 Å². The Morgan fingerprint density at radius 3 is 2.65 bits per heavy atom. The highest BCUT2D eigenvalue weighted by atomic mass is 79.9. The molecule has 0 aromatic heterocycles. The summed E-state index contributed by atoms with van der Waals surface area (Å²) in [5.41, 5.74) is 6.82. The molecule has 0 unspecified atom stereocenters. The Morgan fingerprint density at radius 1 is 1.30 bits per heavy atom. The summed E-state index contributed by atoms with van der Waals surface area (Å²) < 4.78 is 18.7. The summed E-state index contributed by atoms with van der Waals surface area (Å²) in [7, 11) is 1.53. The number of carbonyl (C=O) groups is 1. The number of nitrogens with two attached hydrogens (primary N) is 1. The minimum atomic E-state index is -0.500. The van der Waals surface area contributed by atoms with Gasteiger partial charge in [-0.1, -0.05) is 0 Å². The van der Waals surface area contributed by atoms with Crippen molar-refractivity contribution >= 4 is 33.2 Å². The van der Waals surface area contributed by atoms with Gasteiger partial charge in [0.25, 0.3) is 5.91 Å². The lowest BCUT2D eigenvalue weighted by atomic mass is 10.2. The number of halogens is 2. The molecule has 0 aliphatic rings. The summed E-state index contributed by atoms with van der Waals surface area (Å²) in [5, 5.41) is 2.62. The second kappa shape index (κ2) is 5.92. The summed E-state index contributed by atoms with van der Waals surface area (Å²) >= 11 is 3.03. The van der Waals surface area contributed by atoms with E-state index in [2.05, 4.69) is 21.2 Å². The highest BCUT2D eigenvalue weighted by molar-refractivity contribution is 9.10. The molecule has 2 aromatic carbocycles. The maximum atomic E-state index is 13.4. The van der Waals surface area contributed by atoms with E-state index in [0.717, 1.165) is 6.07 Å². The molecule has 4 nitrogen and oxygen atoms in total. The topological polar surface area (TPSA) is 64.3 Å². The number of nitrogens with one attached hydrogen (secondary N) is 1. The van der Waals surface area contributed by atoms with Crippen molar-refractivity contribution < 1.29 is 13.9 Å². The van der Waals surface area contributed by atoms with Crippen LogP contribution in [-0.4, -0.2) is 13.0 Å². The van der Waals surface area contributed by atoms with Gasteiger partial charge >= 0.3 is 0 Å². The van der Waals surface area contributed by atoms with Crippen LogP contribution in [0, 0.1) is 5.82 Å². The molecule has 0 saturated carbocycles. The zero-order valence-electron chi connectivity index (χ0n) is 10.6. The predicted molar refractivity (Wildman–Crippen MR) is 79.5 cm³/mol. The van der Waals surface area contributed by atoms with Crippen LogP contribution in [0.3, 0.4) is 0 Å². The number of hydrogen-bond acceptors (Lipinski definition) is 3. The van der Waals surface area contributed by atoms with E-state index in [-0.39, 0.29) is 5.56 Å². The highest BCUT2D eigenvalue weighted by Crippen LogP contribution is 2.25. The summed E-state index contributed by atoms with van der Waals surface area (Å²) in [6, 6.07) is 9.04. The maximum absolute atomic E-state index is 13.4. The Hall–Kier alpha value is -2.08. The maximum Gasteiger partial charge on any atom is 0.255 e. The zero-order valence-corrected chi connectivity index (χ0v) is 12.2. The number of methoxy groups -OCH3 is 1. The molecule has 0 saturated heterocycles. The molecule has 0 fully saturated rings. The first-order chi connectivity index (χ1) is 9.51. The third-order valence-electron chi connectivity index (χ3n) is 2.69. The average Bonchev–Trinajstić information content (AvgIpc) is 2.43. The number of rotatable bonds is 3. The van der Waals surface area contributed by atoms with Gasteiger partial charge in [-0.05, 0) is 46.3 Å². The number of anilines is 2.